The van der Waals surface area contributed by atoms with Crippen LogP contribution in [0.1, 0.15) is 68.9 Å². The molecule has 2 bridgehead atoms. The molecule has 32 heavy (non-hydrogen) atoms. The Morgan fingerprint density at radius 3 is 2.59 bits per heavy atom. The third-order valence-corrected chi connectivity index (χ3v) is 9.14. The third kappa shape index (κ3) is 3.27. The second kappa shape index (κ2) is 7.79. The van der Waals surface area contributed by atoms with Crippen LogP contribution in [0.5, 0.6) is 5.75 Å². The van der Waals surface area contributed by atoms with Gasteiger partial charge in [0.25, 0.3) is 5.91 Å². The molecule has 174 valence electrons. The summed E-state index contributed by atoms with van der Waals surface area (Å²) >= 11 is 0. The van der Waals surface area contributed by atoms with E-state index in [9.17, 15) is 4.79 Å². The van der Waals surface area contributed by atoms with E-state index in [0.717, 1.165) is 41.0 Å². The van der Waals surface area contributed by atoms with E-state index in [1.54, 1.807) is 7.11 Å². The van der Waals surface area contributed by atoms with E-state index in [1.165, 1.54) is 45.2 Å². The number of amides is 1. The standard InChI is InChI=1S/C27H39N3O2/c1-18-22(24(31)28-25-26(2,3)19-11-12-27(25,4)17-19)20-9-8-10-21(32-5)23(20)30(18)16-15-29-13-6-7-14-29/h8-10,19,25H,6-7,11-17H2,1-5H3,(H,28,31)/t19-,25?,27+/m1/s1. The summed E-state index contributed by atoms with van der Waals surface area (Å²) in [5, 5.41) is 4.54. The van der Waals surface area contributed by atoms with Crippen LogP contribution in [-0.4, -0.2) is 48.2 Å². The number of rotatable bonds is 6. The van der Waals surface area contributed by atoms with Gasteiger partial charge in [-0.05, 0) is 74.9 Å². The van der Waals surface area contributed by atoms with E-state index in [1.807, 2.05) is 12.1 Å². The summed E-state index contributed by atoms with van der Waals surface area (Å²) < 4.78 is 8.06. The Morgan fingerprint density at radius 2 is 1.94 bits per heavy atom. The molecule has 2 aromatic rings. The quantitative estimate of drug-likeness (QED) is 0.692. The molecule has 1 aliphatic heterocycles. The van der Waals surface area contributed by atoms with Crippen molar-refractivity contribution < 1.29 is 9.53 Å². The molecule has 0 spiro atoms. The zero-order valence-electron chi connectivity index (χ0n) is 20.5. The van der Waals surface area contributed by atoms with Crippen LogP contribution in [0.3, 0.4) is 0 Å². The molecule has 5 rings (SSSR count). The average Bonchev–Trinajstić information content (AvgIpc) is 3.50. The van der Waals surface area contributed by atoms with Crippen molar-refractivity contribution >= 4 is 16.8 Å². The minimum atomic E-state index is 0.0764. The molecule has 3 fully saturated rings. The number of nitrogens with zero attached hydrogens (tertiary/aromatic N) is 2. The Balaban J connectivity index is 1.51. The molecule has 1 aromatic heterocycles. The van der Waals surface area contributed by atoms with E-state index in [0.29, 0.717) is 5.92 Å². The number of carbonyl (C=O) groups is 1. The fourth-order valence-corrected chi connectivity index (χ4v) is 7.34. The predicted molar refractivity (Wildman–Crippen MR) is 129 cm³/mol. The highest BCUT2D eigenvalue weighted by molar-refractivity contribution is 6.09. The van der Waals surface area contributed by atoms with Crippen molar-refractivity contribution in [1.29, 1.82) is 0 Å². The van der Waals surface area contributed by atoms with Gasteiger partial charge in [0, 0.05) is 30.2 Å². The molecule has 1 aromatic carbocycles. The summed E-state index contributed by atoms with van der Waals surface area (Å²) in [5.74, 6) is 1.63. The van der Waals surface area contributed by atoms with Gasteiger partial charge < -0.3 is 19.5 Å². The summed E-state index contributed by atoms with van der Waals surface area (Å²) in [5.41, 5.74) is 3.27. The Labute approximate surface area is 192 Å². The first-order valence-electron chi connectivity index (χ1n) is 12.5. The minimum absolute atomic E-state index is 0.0764. The van der Waals surface area contributed by atoms with E-state index < -0.39 is 0 Å². The number of fused-ring (bicyclic) bond motifs is 3. The van der Waals surface area contributed by atoms with Gasteiger partial charge in [-0.15, -0.1) is 0 Å². The van der Waals surface area contributed by atoms with Gasteiger partial charge >= 0.3 is 0 Å². The molecule has 2 saturated carbocycles. The molecule has 5 heteroatoms. The Hall–Kier alpha value is -2.01. The fourth-order valence-electron chi connectivity index (χ4n) is 7.34. The first kappa shape index (κ1) is 21.8. The number of carbonyl (C=O) groups excluding carboxylic acids is 1. The van der Waals surface area contributed by atoms with Gasteiger partial charge in [-0.2, -0.15) is 0 Å². The molecule has 1 amide bonds. The number of hydrogen-bond donors (Lipinski definition) is 1. The van der Waals surface area contributed by atoms with Crippen LogP contribution < -0.4 is 10.1 Å². The number of para-hydroxylation sites is 1. The Kier molecular flexibility index (Phi) is 5.31. The lowest BCUT2D eigenvalue weighted by Crippen LogP contribution is -2.52. The average molecular weight is 438 g/mol. The van der Waals surface area contributed by atoms with Crippen molar-refractivity contribution in [2.24, 2.45) is 16.7 Å². The van der Waals surface area contributed by atoms with Crippen LogP contribution in [0.25, 0.3) is 10.9 Å². The molecule has 1 unspecified atom stereocenters. The first-order valence-corrected chi connectivity index (χ1v) is 12.5. The summed E-state index contributed by atoms with van der Waals surface area (Å²) in [6.45, 7) is 13.4. The van der Waals surface area contributed by atoms with Crippen molar-refractivity contribution in [3.8, 4) is 5.75 Å². The zero-order valence-corrected chi connectivity index (χ0v) is 20.5. The first-order chi connectivity index (χ1) is 15.3. The van der Waals surface area contributed by atoms with E-state index in [2.05, 4.69) is 48.5 Å². The van der Waals surface area contributed by atoms with E-state index in [-0.39, 0.29) is 22.8 Å². The highest BCUT2D eigenvalue weighted by Gasteiger charge is 2.59. The lowest BCUT2D eigenvalue weighted by Gasteiger charge is -2.43. The molecule has 3 aliphatic rings. The topological polar surface area (TPSA) is 46.5 Å². The van der Waals surface area contributed by atoms with E-state index >= 15 is 0 Å². The SMILES string of the molecule is COc1cccc2c(C(=O)NC3C(C)(C)[C@@H]4CC[C@@]3(C)C4)c(C)n(CCN3CCCC3)c12. The zero-order chi connectivity index (χ0) is 22.7. The highest BCUT2D eigenvalue weighted by Crippen LogP contribution is 2.62. The molecular weight excluding hydrogens is 398 g/mol. The maximum absolute atomic E-state index is 13.8. The van der Waals surface area contributed by atoms with Gasteiger partial charge in [0.05, 0.1) is 18.2 Å². The summed E-state index contributed by atoms with van der Waals surface area (Å²) in [6.07, 6.45) is 6.33. The summed E-state index contributed by atoms with van der Waals surface area (Å²) in [4.78, 5) is 16.4. The molecule has 1 N–H and O–H groups in total. The van der Waals surface area contributed by atoms with Crippen LogP contribution >= 0.6 is 0 Å². The molecule has 2 heterocycles. The molecular formula is C27H39N3O2. The number of hydrogen-bond acceptors (Lipinski definition) is 3. The van der Waals surface area contributed by atoms with Gasteiger partial charge in [-0.25, -0.2) is 0 Å². The normalized spacial score (nSPS) is 29.2. The second-order valence-electron chi connectivity index (χ2n) is 11.3. The smallest absolute Gasteiger partial charge is 0.253 e. The monoisotopic (exact) mass is 437 g/mol. The Morgan fingerprint density at radius 1 is 1.19 bits per heavy atom. The molecule has 5 nitrogen and oxygen atoms in total. The molecule has 1 saturated heterocycles. The largest absolute Gasteiger partial charge is 0.495 e. The lowest BCUT2D eigenvalue weighted by molar-refractivity contribution is 0.0738. The van der Waals surface area contributed by atoms with Crippen molar-refractivity contribution in [3.05, 3.63) is 29.5 Å². The third-order valence-electron chi connectivity index (χ3n) is 9.14. The minimum Gasteiger partial charge on any atom is -0.495 e. The number of methoxy groups -OCH3 is 1. The second-order valence-corrected chi connectivity index (χ2v) is 11.3. The Bertz CT molecular complexity index is 1030. The highest BCUT2D eigenvalue weighted by atomic mass is 16.5. The van der Waals surface area contributed by atoms with Crippen LogP contribution in [-0.2, 0) is 6.54 Å². The maximum atomic E-state index is 13.8. The van der Waals surface area contributed by atoms with Crippen LogP contribution in [0.15, 0.2) is 18.2 Å². The van der Waals surface area contributed by atoms with Crippen LogP contribution in [0.2, 0.25) is 0 Å². The lowest BCUT2D eigenvalue weighted by atomic mass is 9.68. The van der Waals surface area contributed by atoms with Gasteiger partial charge in [-0.3, -0.25) is 4.79 Å². The van der Waals surface area contributed by atoms with Crippen molar-refractivity contribution in [3.63, 3.8) is 0 Å². The van der Waals surface area contributed by atoms with Gasteiger partial charge in [0.2, 0.25) is 0 Å². The predicted octanol–water partition coefficient (Wildman–Crippen LogP) is 5.00. The molecule has 2 aliphatic carbocycles. The number of aromatic nitrogens is 1. The summed E-state index contributed by atoms with van der Waals surface area (Å²) in [6, 6.07) is 6.31. The molecule has 0 radical (unpaired) electrons. The van der Waals surface area contributed by atoms with E-state index in [4.69, 9.17) is 4.74 Å². The number of ether oxygens (including phenoxy) is 1. The summed E-state index contributed by atoms with van der Waals surface area (Å²) in [7, 11) is 1.72. The van der Waals surface area contributed by atoms with Crippen molar-refractivity contribution in [1.82, 2.24) is 14.8 Å². The van der Waals surface area contributed by atoms with Gasteiger partial charge in [0.15, 0.2) is 0 Å². The van der Waals surface area contributed by atoms with Crippen molar-refractivity contribution in [2.45, 2.75) is 72.4 Å². The number of likely N-dealkylation sites (tertiary alicyclic amines) is 1. The van der Waals surface area contributed by atoms with Crippen LogP contribution in [0, 0.1) is 23.7 Å². The number of nitrogens with one attached hydrogen (secondary N) is 1. The van der Waals surface area contributed by atoms with Crippen molar-refractivity contribution in [2.75, 3.05) is 26.7 Å². The maximum Gasteiger partial charge on any atom is 0.253 e. The molecule has 3 atom stereocenters. The fraction of sp³-hybridized carbons (Fsp3) is 0.667. The van der Waals surface area contributed by atoms with Gasteiger partial charge in [-0.1, -0.05) is 32.9 Å². The number of benzene rings is 1. The van der Waals surface area contributed by atoms with Gasteiger partial charge in [0.1, 0.15) is 5.75 Å². The van der Waals surface area contributed by atoms with Crippen LogP contribution in [0.4, 0.5) is 0 Å².